The van der Waals surface area contributed by atoms with Crippen molar-refractivity contribution >= 4 is 11.7 Å². The van der Waals surface area contributed by atoms with Gasteiger partial charge in [0.15, 0.2) is 0 Å². The van der Waals surface area contributed by atoms with Gasteiger partial charge in [-0.25, -0.2) is 4.79 Å². The van der Waals surface area contributed by atoms with Crippen LogP contribution in [0.25, 0.3) is 0 Å². The molecule has 18 heavy (non-hydrogen) atoms. The number of anilines is 1. The Balaban J connectivity index is 2.99. The van der Waals surface area contributed by atoms with Gasteiger partial charge >= 0.3 is 5.97 Å². The number of aliphatic hydroxyl groups is 1. The van der Waals surface area contributed by atoms with E-state index in [1.165, 1.54) is 13.2 Å². The predicted molar refractivity (Wildman–Crippen MR) is 69.4 cm³/mol. The zero-order chi connectivity index (χ0) is 13.5. The number of methoxy groups -OCH3 is 1. The molecule has 0 amide bonds. The van der Waals surface area contributed by atoms with E-state index in [-0.39, 0.29) is 18.2 Å². The van der Waals surface area contributed by atoms with E-state index in [9.17, 15) is 4.79 Å². The van der Waals surface area contributed by atoms with Gasteiger partial charge in [0, 0.05) is 18.7 Å². The van der Waals surface area contributed by atoms with Gasteiger partial charge in [0.2, 0.25) is 0 Å². The highest BCUT2D eigenvalue weighted by Gasteiger charge is 2.14. The monoisotopic (exact) mass is 253 g/mol. The van der Waals surface area contributed by atoms with Gasteiger partial charge in [-0.3, -0.25) is 0 Å². The van der Waals surface area contributed by atoms with Gasteiger partial charge in [-0.1, -0.05) is 6.92 Å². The molecule has 0 radical (unpaired) electrons. The molecule has 1 aromatic rings. The smallest absolute Gasteiger partial charge is 0.337 e. The molecule has 1 rings (SSSR count). The van der Waals surface area contributed by atoms with Crippen LogP contribution >= 0.6 is 0 Å². The predicted octanol–water partition coefficient (Wildman–Crippen LogP) is 1.97. The van der Waals surface area contributed by atoms with Crippen LogP contribution < -0.4 is 10.1 Å². The van der Waals surface area contributed by atoms with Crippen molar-refractivity contribution in [3.8, 4) is 5.75 Å². The number of rotatable bonds is 7. The van der Waals surface area contributed by atoms with Gasteiger partial charge in [-0.2, -0.15) is 0 Å². The number of carbonyl (C=O) groups is 1. The first-order chi connectivity index (χ1) is 8.62. The lowest BCUT2D eigenvalue weighted by Crippen LogP contribution is -2.21. The van der Waals surface area contributed by atoms with E-state index >= 15 is 0 Å². The molecule has 5 nitrogen and oxygen atoms in total. The number of ether oxygens (including phenoxy) is 1. The molecule has 0 spiro atoms. The molecule has 0 aliphatic rings. The third-order valence-corrected chi connectivity index (χ3v) is 2.79. The quantitative estimate of drug-likeness (QED) is 0.692. The second kappa shape index (κ2) is 6.86. The zero-order valence-electron chi connectivity index (χ0n) is 10.6. The summed E-state index contributed by atoms with van der Waals surface area (Å²) < 4.78 is 5.08. The third kappa shape index (κ3) is 3.63. The Labute approximate surface area is 106 Å². The minimum Gasteiger partial charge on any atom is -0.497 e. The molecule has 1 aromatic carbocycles. The normalized spacial score (nSPS) is 11.9. The Morgan fingerprint density at radius 2 is 2.22 bits per heavy atom. The van der Waals surface area contributed by atoms with E-state index in [0.717, 1.165) is 6.42 Å². The molecule has 0 aliphatic carbocycles. The van der Waals surface area contributed by atoms with Crippen molar-refractivity contribution in [1.82, 2.24) is 0 Å². The number of aromatic carboxylic acids is 1. The van der Waals surface area contributed by atoms with Crippen molar-refractivity contribution in [2.24, 2.45) is 0 Å². The van der Waals surface area contributed by atoms with Crippen LogP contribution in [-0.2, 0) is 0 Å². The SMILES string of the molecule is CCC(CCO)Nc1cc(OC)ccc1C(=O)O. The third-order valence-electron chi connectivity index (χ3n) is 2.79. The fraction of sp³-hybridized carbons (Fsp3) is 0.462. The summed E-state index contributed by atoms with van der Waals surface area (Å²) in [5.41, 5.74) is 0.717. The molecule has 0 heterocycles. The highest BCUT2D eigenvalue weighted by molar-refractivity contribution is 5.94. The maximum atomic E-state index is 11.1. The van der Waals surface area contributed by atoms with Crippen molar-refractivity contribution < 1.29 is 19.7 Å². The van der Waals surface area contributed by atoms with Gasteiger partial charge in [0.1, 0.15) is 5.75 Å². The average Bonchev–Trinajstić information content (AvgIpc) is 2.37. The molecular formula is C13H19NO4. The van der Waals surface area contributed by atoms with E-state index in [4.69, 9.17) is 14.9 Å². The van der Waals surface area contributed by atoms with E-state index < -0.39 is 5.97 Å². The second-order valence-corrected chi connectivity index (χ2v) is 3.98. The summed E-state index contributed by atoms with van der Waals surface area (Å²) in [7, 11) is 1.53. The van der Waals surface area contributed by atoms with Crippen molar-refractivity contribution in [3.63, 3.8) is 0 Å². The highest BCUT2D eigenvalue weighted by Crippen LogP contribution is 2.24. The van der Waals surface area contributed by atoms with Crippen molar-refractivity contribution in [3.05, 3.63) is 23.8 Å². The zero-order valence-corrected chi connectivity index (χ0v) is 10.6. The summed E-state index contributed by atoms with van der Waals surface area (Å²) in [6, 6.07) is 4.82. The van der Waals surface area contributed by atoms with Crippen LogP contribution in [0.5, 0.6) is 5.75 Å². The van der Waals surface area contributed by atoms with E-state index in [2.05, 4.69) is 5.32 Å². The maximum Gasteiger partial charge on any atom is 0.337 e. The van der Waals surface area contributed by atoms with Gasteiger partial charge in [-0.15, -0.1) is 0 Å². The van der Waals surface area contributed by atoms with Gasteiger partial charge in [0.25, 0.3) is 0 Å². The summed E-state index contributed by atoms with van der Waals surface area (Å²) in [5, 5.41) is 21.2. The van der Waals surface area contributed by atoms with Gasteiger partial charge < -0.3 is 20.3 Å². The Morgan fingerprint density at radius 1 is 1.50 bits per heavy atom. The molecule has 0 aliphatic heterocycles. The Hall–Kier alpha value is -1.75. The molecule has 100 valence electrons. The lowest BCUT2D eigenvalue weighted by atomic mass is 10.1. The number of aliphatic hydroxyl groups excluding tert-OH is 1. The van der Waals surface area contributed by atoms with Crippen LogP contribution in [0.1, 0.15) is 30.1 Å². The number of hydrogen-bond donors (Lipinski definition) is 3. The average molecular weight is 253 g/mol. The highest BCUT2D eigenvalue weighted by atomic mass is 16.5. The summed E-state index contributed by atoms with van der Waals surface area (Å²) in [4.78, 5) is 11.1. The molecule has 0 aromatic heterocycles. The summed E-state index contributed by atoms with van der Waals surface area (Å²) >= 11 is 0. The van der Waals surface area contributed by atoms with E-state index in [1.54, 1.807) is 12.1 Å². The lowest BCUT2D eigenvalue weighted by Gasteiger charge is -2.19. The Kier molecular flexibility index (Phi) is 5.45. The van der Waals surface area contributed by atoms with Crippen LogP contribution in [0.15, 0.2) is 18.2 Å². The molecular weight excluding hydrogens is 234 g/mol. The van der Waals surface area contributed by atoms with E-state index in [0.29, 0.717) is 17.9 Å². The lowest BCUT2D eigenvalue weighted by molar-refractivity contribution is 0.0698. The fourth-order valence-electron chi connectivity index (χ4n) is 1.71. The van der Waals surface area contributed by atoms with Gasteiger partial charge in [-0.05, 0) is 25.0 Å². The van der Waals surface area contributed by atoms with Crippen LogP contribution in [0.4, 0.5) is 5.69 Å². The van der Waals surface area contributed by atoms with Crippen LogP contribution in [0.2, 0.25) is 0 Å². The van der Waals surface area contributed by atoms with Crippen LogP contribution in [-0.4, -0.2) is 35.9 Å². The first-order valence-electron chi connectivity index (χ1n) is 5.91. The molecule has 3 N–H and O–H groups in total. The van der Waals surface area contributed by atoms with Crippen molar-refractivity contribution in [2.75, 3.05) is 19.0 Å². The number of nitrogens with one attached hydrogen (secondary N) is 1. The molecule has 1 atom stereocenters. The minimum absolute atomic E-state index is 0.0419. The number of carboxylic acid groups (broad SMARTS) is 1. The second-order valence-electron chi connectivity index (χ2n) is 3.98. The first kappa shape index (κ1) is 14.3. The molecule has 1 unspecified atom stereocenters. The maximum absolute atomic E-state index is 11.1. The topological polar surface area (TPSA) is 78.8 Å². The molecule has 0 bridgehead atoms. The van der Waals surface area contributed by atoms with Crippen molar-refractivity contribution in [1.29, 1.82) is 0 Å². The number of hydrogen-bond acceptors (Lipinski definition) is 4. The van der Waals surface area contributed by atoms with Gasteiger partial charge in [0.05, 0.1) is 18.4 Å². The fourth-order valence-corrected chi connectivity index (χ4v) is 1.71. The molecule has 5 heteroatoms. The van der Waals surface area contributed by atoms with Crippen molar-refractivity contribution in [2.45, 2.75) is 25.8 Å². The molecule has 0 saturated heterocycles. The number of benzene rings is 1. The van der Waals surface area contributed by atoms with Crippen LogP contribution in [0, 0.1) is 0 Å². The summed E-state index contributed by atoms with van der Waals surface area (Å²) in [6.07, 6.45) is 1.38. The summed E-state index contributed by atoms with van der Waals surface area (Å²) in [6.45, 7) is 2.05. The first-order valence-corrected chi connectivity index (χ1v) is 5.91. The Morgan fingerprint density at radius 3 is 2.72 bits per heavy atom. The standard InChI is InChI=1S/C13H19NO4/c1-3-9(6-7-15)14-12-8-10(18-2)4-5-11(12)13(16)17/h4-5,8-9,14-15H,3,6-7H2,1-2H3,(H,16,17). The molecule has 0 saturated carbocycles. The minimum atomic E-state index is -0.987. The summed E-state index contributed by atoms with van der Waals surface area (Å²) in [5.74, 6) is -0.389. The number of carboxylic acids is 1. The van der Waals surface area contributed by atoms with Crippen LogP contribution in [0.3, 0.4) is 0 Å². The molecule has 0 fully saturated rings. The largest absolute Gasteiger partial charge is 0.497 e. The van der Waals surface area contributed by atoms with E-state index in [1.807, 2.05) is 6.92 Å². The Bertz CT molecular complexity index is 406.